The van der Waals surface area contributed by atoms with Crippen LogP contribution in [0.1, 0.15) is 245 Å². The van der Waals surface area contributed by atoms with Crippen LogP contribution in [0.15, 0.2) is 36.5 Å². The standard InChI is InChI=1S/C56H105NO10/c1-3-5-7-9-11-13-15-17-19-21-22-23-24-25-26-28-29-31-33-35-37-39-41-43-48(59)51(61)47(46-66-56-54(64)53(63)52(62)50(45-58)67-56)57-55(65)49(60)44-42-40-38-36-34-32-30-27-20-18-16-14-12-10-8-6-4-2/h23-24,28-29,35,37,47-54,56,58-64H,3-22,25-27,30-34,36,38-46H2,1-2H3,(H,57,65)/b24-23+,29-28+,37-35+. The lowest BCUT2D eigenvalue weighted by Crippen LogP contribution is -2.60. The maximum absolute atomic E-state index is 13.1. The van der Waals surface area contributed by atoms with Crippen molar-refractivity contribution in [1.82, 2.24) is 5.32 Å². The predicted octanol–water partition coefficient (Wildman–Crippen LogP) is 11.1. The lowest BCUT2D eigenvalue weighted by molar-refractivity contribution is -0.303. The second-order valence-corrected chi connectivity index (χ2v) is 19.6. The van der Waals surface area contributed by atoms with Crippen molar-refractivity contribution in [2.75, 3.05) is 13.2 Å². The molecule has 8 N–H and O–H groups in total. The molecule has 0 bridgehead atoms. The van der Waals surface area contributed by atoms with E-state index in [4.69, 9.17) is 9.47 Å². The van der Waals surface area contributed by atoms with E-state index in [0.717, 1.165) is 44.9 Å². The third kappa shape index (κ3) is 34.3. The fraction of sp³-hybridized carbons (Fsp3) is 0.875. The number of nitrogens with one attached hydrogen (secondary N) is 1. The van der Waals surface area contributed by atoms with E-state index in [2.05, 4.69) is 55.6 Å². The van der Waals surface area contributed by atoms with Crippen molar-refractivity contribution in [1.29, 1.82) is 0 Å². The number of aliphatic hydroxyl groups excluding tert-OH is 7. The number of allylic oxidation sites excluding steroid dienone is 6. The van der Waals surface area contributed by atoms with Gasteiger partial charge in [-0.25, -0.2) is 0 Å². The van der Waals surface area contributed by atoms with Crippen LogP contribution in [-0.2, 0) is 14.3 Å². The molecule has 67 heavy (non-hydrogen) atoms. The Balaban J connectivity index is 2.38. The monoisotopic (exact) mass is 952 g/mol. The molecule has 1 amide bonds. The van der Waals surface area contributed by atoms with Crippen LogP contribution in [0.3, 0.4) is 0 Å². The quantitative estimate of drug-likeness (QED) is 0.0215. The van der Waals surface area contributed by atoms with Crippen LogP contribution in [-0.4, -0.2) is 110 Å². The van der Waals surface area contributed by atoms with Crippen molar-refractivity contribution >= 4 is 5.91 Å². The lowest BCUT2D eigenvalue weighted by Gasteiger charge is -2.40. The molecule has 1 fully saturated rings. The molecule has 11 heteroatoms. The smallest absolute Gasteiger partial charge is 0.249 e. The summed E-state index contributed by atoms with van der Waals surface area (Å²) in [5, 5.41) is 76.0. The second kappa shape index (κ2) is 45.5. The summed E-state index contributed by atoms with van der Waals surface area (Å²) in [5.41, 5.74) is 0. The Hall–Kier alpha value is -1.67. The average molecular weight is 952 g/mol. The average Bonchev–Trinajstić information content (AvgIpc) is 3.33. The molecule has 9 unspecified atom stereocenters. The lowest BCUT2D eigenvalue weighted by atomic mass is 9.98. The Morgan fingerprint density at radius 2 is 0.896 bits per heavy atom. The zero-order valence-corrected chi connectivity index (χ0v) is 42.9. The summed E-state index contributed by atoms with van der Waals surface area (Å²) in [7, 11) is 0. The molecular weight excluding hydrogens is 847 g/mol. The predicted molar refractivity (Wildman–Crippen MR) is 275 cm³/mol. The molecule has 11 nitrogen and oxygen atoms in total. The van der Waals surface area contributed by atoms with Gasteiger partial charge in [0.2, 0.25) is 5.91 Å². The molecule has 394 valence electrons. The first-order valence-corrected chi connectivity index (χ1v) is 27.9. The van der Waals surface area contributed by atoms with Gasteiger partial charge in [-0.1, -0.05) is 217 Å². The molecule has 9 atom stereocenters. The summed E-state index contributed by atoms with van der Waals surface area (Å²) in [5.74, 6) is -0.710. The van der Waals surface area contributed by atoms with Gasteiger partial charge in [0.25, 0.3) is 0 Å². The van der Waals surface area contributed by atoms with Gasteiger partial charge in [0.1, 0.15) is 36.6 Å². The third-order valence-corrected chi connectivity index (χ3v) is 13.4. The van der Waals surface area contributed by atoms with Gasteiger partial charge in [0, 0.05) is 0 Å². The van der Waals surface area contributed by atoms with Crippen LogP contribution in [0.2, 0.25) is 0 Å². The summed E-state index contributed by atoms with van der Waals surface area (Å²) in [6.45, 7) is 3.45. The number of hydrogen-bond donors (Lipinski definition) is 8. The van der Waals surface area contributed by atoms with Crippen molar-refractivity contribution in [3.05, 3.63) is 36.5 Å². The summed E-state index contributed by atoms with van der Waals surface area (Å²) < 4.78 is 11.1. The molecule has 0 aliphatic carbocycles. The van der Waals surface area contributed by atoms with E-state index in [1.807, 2.05) is 0 Å². The summed E-state index contributed by atoms with van der Waals surface area (Å²) in [6, 6.07) is -1.19. The van der Waals surface area contributed by atoms with E-state index >= 15 is 0 Å². The second-order valence-electron chi connectivity index (χ2n) is 19.6. The van der Waals surface area contributed by atoms with Gasteiger partial charge < -0.3 is 50.5 Å². The Morgan fingerprint density at radius 1 is 0.507 bits per heavy atom. The largest absolute Gasteiger partial charge is 0.394 e. The van der Waals surface area contributed by atoms with Crippen LogP contribution in [0.5, 0.6) is 0 Å². The van der Waals surface area contributed by atoms with E-state index in [1.54, 1.807) is 0 Å². The fourth-order valence-corrected chi connectivity index (χ4v) is 8.83. The van der Waals surface area contributed by atoms with Gasteiger partial charge in [-0.15, -0.1) is 0 Å². The first-order chi connectivity index (χ1) is 32.7. The number of unbranched alkanes of at least 4 members (excludes halogenated alkanes) is 29. The minimum atomic E-state index is -1.67. The zero-order valence-electron chi connectivity index (χ0n) is 42.9. The van der Waals surface area contributed by atoms with Gasteiger partial charge in [0.15, 0.2) is 6.29 Å². The summed E-state index contributed by atoms with van der Waals surface area (Å²) in [4.78, 5) is 13.1. The number of amides is 1. The van der Waals surface area contributed by atoms with E-state index in [0.29, 0.717) is 19.3 Å². The van der Waals surface area contributed by atoms with Crippen LogP contribution in [0.4, 0.5) is 0 Å². The SMILES string of the molecule is CCCCCCCCCCCC/C=C/CC/C=C/CC/C=C/CCCC(O)C(O)C(COC1OC(CO)C(O)C(O)C1O)NC(=O)C(O)CCCCCCCCCCCCCCCCCCC. The molecule has 0 aromatic rings. The van der Waals surface area contributed by atoms with Crippen LogP contribution in [0.25, 0.3) is 0 Å². The van der Waals surface area contributed by atoms with Crippen molar-refractivity contribution in [3.8, 4) is 0 Å². The summed E-state index contributed by atoms with van der Waals surface area (Å²) in [6.07, 6.45) is 43.4. The highest BCUT2D eigenvalue weighted by molar-refractivity contribution is 5.80. The van der Waals surface area contributed by atoms with Gasteiger partial charge in [-0.2, -0.15) is 0 Å². The number of aliphatic hydroxyl groups is 7. The first-order valence-electron chi connectivity index (χ1n) is 27.9. The third-order valence-electron chi connectivity index (χ3n) is 13.4. The Morgan fingerprint density at radius 3 is 1.33 bits per heavy atom. The molecule has 0 radical (unpaired) electrons. The Kier molecular flexibility index (Phi) is 43.0. The van der Waals surface area contributed by atoms with E-state index in [-0.39, 0.29) is 12.8 Å². The first kappa shape index (κ1) is 63.3. The topological polar surface area (TPSA) is 189 Å². The Labute approximate surface area is 409 Å². The zero-order chi connectivity index (χ0) is 49.0. The van der Waals surface area contributed by atoms with Crippen molar-refractivity contribution in [2.45, 2.75) is 300 Å². The fourth-order valence-electron chi connectivity index (χ4n) is 8.83. The molecule has 0 spiro atoms. The minimum absolute atomic E-state index is 0.242. The van der Waals surface area contributed by atoms with Crippen molar-refractivity contribution < 1.29 is 50.0 Å². The van der Waals surface area contributed by atoms with Crippen molar-refractivity contribution in [3.63, 3.8) is 0 Å². The van der Waals surface area contributed by atoms with Crippen LogP contribution in [0, 0.1) is 0 Å². The molecule has 1 aliphatic heterocycles. The van der Waals surface area contributed by atoms with Crippen LogP contribution >= 0.6 is 0 Å². The van der Waals surface area contributed by atoms with Gasteiger partial charge >= 0.3 is 0 Å². The summed E-state index contributed by atoms with van der Waals surface area (Å²) >= 11 is 0. The molecule has 0 saturated carbocycles. The van der Waals surface area contributed by atoms with Gasteiger partial charge in [-0.3, -0.25) is 4.79 Å². The van der Waals surface area contributed by atoms with Gasteiger partial charge in [-0.05, 0) is 64.2 Å². The molecule has 0 aromatic carbocycles. The van der Waals surface area contributed by atoms with Gasteiger partial charge in [0.05, 0.1) is 25.4 Å². The van der Waals surface area contributed by atoms with E-state index < -0.39 is 74.2 Å². The maximum Gasteiger partial charge on any atom is 0.249 e. The van der Waals surface area contributed by atoms with E-state index in [9.17, 15) is 40.5 Å². The number of carbonyl (C=O) groups is 1. The van der Waals surface area contributed by atoms with Crippen LogP contribution < -0.4 is 5.32 Å². The Bertz CT molecular complexity index is 1180. The highest BCUT2D eigenvalue weighted by atomic mass is 16.7. The molecule has 1 rings (SSSR count). The van der Waals surface area contributed by atoms with E-state index in [1.165, 1.54) is 154 Å². The molecule has 0 aromatic heterocycles. The molecule has 1 heterocycles. The number of ether oxygens (including phenoxy) is 2. The highest BCUT2D eigenvalue weighted by Gasteiger charge is 2.44. The molecular formula is C56H105NO10. The number of carbonyl (C=O) groups excluding carboxylic acids is 1. The number of rotatable bonds is 47. The molecule has 1 aliphatic rings. The maximum atomic E-state index is 13.1. The minimum Gasteiger partial charge on any atom is -0.394 e. The highest BCUT2D eigenvalue weighted by Crippen LogP contribution is 2.23. The normalized spacial score (nSPS) is 20.9. The molecule has 1 saturated heterocycles. The van der Waals surface area contributed by atoms with Crippen molar-refractivity contribution in [2.24, 2.45) is 0 Å². The number of hydrogen-bond acceptors (Lipinski definition) is 10.